The molecule has 4 heteroatoms. The summed E-state index contributed by atoms with van der Waals surface area (Å²) in [6.07, 6.45) is 11.3. The van der Waals surface area contributed by atoms with Crippen LogP contribution in [-0.4, -0.2) is 27.8 Å². The van der Waals surface area contributed by atoms with Gasteiger partial charge in [-0.05, 0) is 90.1 Å². The fourth-order valence-electron chi connectivity index (χ4n) is 6.64. The summed E-state index contributed by atoms with van der Waals surface area (Å²) in [5.74, 6) is 2.55. The van der Waals surface area contributed by atoms with Crippen LogP contribution in [0.1, 0.15) is 69.7 Å². The van der Waals surface area contributed by atoms with Crippen LogP contribution in [0.5, 0.6) is 0 Å². The Balaban J connectivity index is 1.06. The molecule has 3 aliphatic rings. The quantitative estimate of drug-likeness (QED) is 0.291. The summed E-state index contributed by atoms with van der Waals surface area (Å²) in [6.45, 7) is 4.61. The van der Waals surface area contributed by atoms with Crippen molar-refractivity contribution in [1.29, 1.82) is 0 Å². The molecule has 1 aliphatic carbocycles. The van der Waals surface area contributed by atoms with Crippen LogP contribution in [0.2, 0.25) is 0 Å². The van der Waals surface area contributed by atoms with E-state index in [2.05, 4.69) is 91.0 Å². The van der Waals surface area contributed by atoms with Crippen molar-refractivity contribution in [3.63, 3.8) is 0 Å². The Morgan fingerprint density at radius 3 is 2.24 bits per heavy atom. The number of nitrogens with zero attached hydrogens (tertiary/aromatic N) is 2. The number of allylic oxidation sites excluding steroid dienone is 1. The molecule has 4 aromatic rings. The van der Waals surface area contributed by atoms with Gasteiger partial charge in [-0.3, -0.25) is 4.99 Å². The number of rotatable bonds is 5. The number of imidazole rings is 1. The van der Waals surface area contributed by atoms with Crippen molar-refractivity contribution in [3.8, 4) is 22.4 Å². The smallest absolute Gasteiger partial charge is 0.109 e. The van der Waals surface area contributed by atoms with Crippen LogP contribution < -0.4 is 5.32 Å². The number of aliphatic imine (C=N–C) groups is 1. The average molecular weight is 501 g/mol. The standard InChI is InChI=1S/C34H36N4/c1-21-3-5-29(15-21)34-36-20-33(38-34)28-13-12-26-16-25(10-11-27(26)17-28)23-6-8-24(9-7-23)30-18-32(35-19-30)31-14-4-22(2)37-31/h6-13,16-17,19-22,29,31,37H,3-5,14-15,18H2,1-2H3,(H,36,38)/t21-,22-,29-,31+/m1/s1. The van der Waals surface area contributed by atoms with E-state index in [0.717, 1.165) is 23.9 Å². The van der Waals surface area contributed by atoms with E-state index in [1.165, 1.54) is 76.4 Å². The van der Waals surface area contributed by atoms with E-state index in [1.54, 1.807) is 0 Å². The van der Waals surface area contributed by atoms with Crippen molar-refractivity contribution < 1.29 is 0 Å². The molecule has 1 saturated heterocycles. The van der Waals surface area contributed by atoms with E-state index >= 15 is 0 Å². The largest absolute Gasteiger partial charge is 0.342 e. The molecular formula is C34H36N4. The Labute approximate surface area is 225 Å². The number of hydrogen-bond acceptors (Lipinski definition) is 3. The van der Waals surface area contributed by atoms with Gasteiger partial charge in [-0.25, -0.2) is 4.98 Å². The van der Waals surface area contributed by atoms with Crippen molar-refractivity contribution in [2.24, 2.45) is 10.9 Å². The van der Waals surface area contributed by atoms with Gasteiger partial charge in [0.2, 0.25) is 0 Å². The highest BCUT2D eigenvalue weighted by Gasteiger charge is 2.27. The van der Waals surface area contributed by atoms with Crippen molar-refractivity contribution in [2.45, 2.75) is 70.4 Å². The van der Waals surface area contributed by atoms with E-state index < -0.39 is 0 Å². The Kier molecular flexibility index (Phi) is 6.01. The molecule has 3 aromatic carbocycles. The topological polar surface area (TPSA) is 53.1 Å². The van der Waals surface area contributed by atoms with Gasteiger partial charge < -0.3 is 10.3 Å². The maximum atomic E-state index is 4.76. The third-order valence-corrected chi connectivity index (χ3v) is 8.95. The summed E-state index contributed by atoms with van der Waals surface area (Å²) in [5, 5.41) is 6.18. The molecule has 2 aliphatic heterocycles. The van der Waals surface area contributed by atoms with Gasteiger partial charge in [-0.1, -0.05) is 55.5 Å². The minimum Gasteiger partial charge on any atom is -0.342 e. The zero-order valence-corrected chi connectivity index (χ0v) is 22.4. The van der Waals surface area contributed by atoms with Crippen LogP contribution >= 0.6 is 0 Å². The van der Waals surface area contributed by atoms with Gasteiger partial charge >= 0.3 is 0 Å². The maximum Gasteiger partial charge on any atom is 0.109 e. The summed E-state index contributed by atoms with van der Waals surface area (Å²) in [4.78, 5) is 13.1. The first-order valence-corrected chi connectivity index (χ1v) is 14.3. The summed E-state index contributed by atoms with van der Waals surface area (Å²) in [7, 11) is 0. The molecular weight excluding hydrogens is 464 g/mol. The molecule has 1 saturated carbocycles. The highest BCUT2D eigenvalue weighted by Crippen LogP contribution is 2.37. The first-order chi connectivity index (χ1) is 18.6. The first-order valence-electron chi connectivity index (χ1n) is 14.3. The number of benzene rings is 3. The molecule has 7 rings (SSSR count). The Morgan fingerprint density at radius 1 is 0.763 bits per heavy atom. The molecule has 4 atom stereocenters. The van der Waals surface area contributed by atoms with E-state index in [4.69, 9.17) is 9.98 Å². The lowest BCUT2D eigenvalue weighted by Crippen LogP contribution is -2.33. The highest BCUT2D eigenvalue weighted by atomic mass is 15.0. The molecule has 2 fully saturated rings. The van der Waals surface area contributed by atoms with Crippen molar-refractivity contribution >= 4 is 22.1 Å². The molecule has 4 nitrogen and oxygen atoms in total. The lowest BCUT2D eigenvalue weighted by Gasteiger charge is -2.13. The van der Waals surface area contributed by atoms with Crippen LogP contribution in [0.15, 0.2) is 78.1 Å². The van der Waals surface area contributed by atoms with Crippen molar-refractivity contribution in [1.82, 2.24) is 15.3 Å². The van der Waals surface area contributed by atoms with Crippen LogP contribution in [0.4, 0.5) is 0 Å². The van der Waals surface area contributed by atoms with Crippen LogP contribution in [0.25, 0.3) is 38.7 Å². The number of aromatic amines is 1. The fourth-order valence-corrected chi connectivity index (χ4v) is 6.64. The minimum atomic E-state index is 0.447. The summed E-state index contributed by atoms with van der Waals surface area (Å²) >= 11 is 0. The second kappa shape index (κ2) is 9.67. The lowest BCUT2D eigenvalue weighted by atomic mass is 9.95. The molecule has 0 radical (unpaired) electrons. The van der Waals surface area contributed by atoms with Crippen molar-refractivity contribution in [3.05, 3.63) is 84.4 Å². The van der Waals surface area contributed by atoms with Crippen molar-refractivity contribution in [2.75, 3.05) is 0 Å². The Hall–Kier alpha value is -3.50. The first kappa shape index (κ1) is 23.6. The van der Waals surface area contributed by atoms with Gasteiger partial charge in [0, 0.05) is 41.9 Å². The molecule has 0 unspecified atom stereocenters. The molecule has 192 valence electrons. The van der Waals surface area contributed by atoms with Gasteiger partial charge in [0.15, 0.2) is 0 Å². The molecule has 1 aromatic heterocycles. The van der Waals surface area contributed by atoms with Crippen LogP contribution in [0.3, 0.4) is 0 Å². The number of fused-ring (bicyclic) bond motifs is 1. The molecule has 0 amide bonds. The Bertz CT molecular complexity index is 1540. The lowest BCUT2D eigenvalue weighted by molar-refractivity contribution is 0.588. The summed E-state index contributed by atoms with van der Waals surface area (Å²) in [6, 6.07) is 23.6. The monoisotopic (exact) mass is 500 g/mol. The second-order valence-electron chi connectivity index (χ2n) is 11.8. The molecule has 2 N–H and O–H groups in total. The molecule has 3 heterocycles. The van der Waals surface area contributed by atoms with E-state index in [-0.39, 0.29) is 0 Å². The number of H-pyrrole nitrogens is 1. The maximum absolute atomic E-state index is 4.76. The number of hydrogen-bond donors (Lipinski definition) is 2. The predicted octanol–water partition coefficient (Wildman–Crippen LogP) is 8.13. The van der Waals surface area contributed by atoms with Gasteiger partial charge in [0.25, 0.3) is 0 Å². The van der Waals surface area contributed by atoms with E-state index in [0.29, 0.717) is 18.0 Å². The number of nitrogens with one attached hydrogen (secondary N) is 2. The van der Waals surface area contributed by atoms with Crippen LogP contribution in [0, 0.1) is 5.92 Å². The Morgan fingerprint density at radius 2 is 1.50 bits per heavy atom. The van der Waals surface area contributed by atoms with Gasteiger partial charge in [-0.2, -0.15) is 0 Å². The average Bonchev–Trinajstić information content (AvgIpc) is 3.75. The van der Waals surface area contributed by atoms with Gasteiger partial charge in [0.05, 0.1) is 11.9 Å². The van der Waals surface area contributed by atoms with Crippen LogP contribution in [-0.2, 0) is 0 Å². The zero-order valence-electron chi connectivity index (χ0n) is 22.4. The fraction of sp³-hybridized carbons (Fsp3) is 0.353. The highest BCUT2D eigenvalue weighted by molar-refractivity contribution is 6.01. The summed E-state index contributed by atoms with van der Waals surface area (Å²) < 4.78 is 0. The molecule has 0 bridgehead atoms. The third kappa shape index (κ3) is 4.52. The minimum absolute atomic E-state index is 0.447. The predicted molar refractivity (Wildman–Crippen MR) is 158 cm³/mol. The van der Waals surface area contributed by atoms with E-state index in [1.807, 2.05) is 6.20 Å². The number of aromatic nitrogens is 2. The normalized spacial score (nSPS) is 25.2. The summed E-state index contributed by atoms with van der Waals surface area (Å²) in [5.41, 5.74) is 8.70. The van der Waals surface area contributed by atoms with Gasteiger partial charge in [0.1, 0.15) is 5.82 Å². The molecule has 38 heavy (non-hydrogen) atoms. The third-order valence-electron chi connectivity index (χ3n) is 8.95. The molecule has 0 spiro atoms. The van der Waals surface area contributed by atoms with Gasteiger partial charge in [-0.15, -0.1) is 0 Å². The SMILES string of the molecule is C[C@@H]1CC[C@@H](c2ncc(-c3ccc4cc(-c5ccc(C6=CN=C([C@@H]7CC[C@@H](C)N7)C6)cc5)ccc4c3)[nH]2)C1. The second-order valence-corrected chi connectivity index (χ2v) is 11.8. The van der Waals surface area contributed by atoms with E-state index in [9.17, 15) is 0 Å². The zero-order chi connectivity index (χ0) is 25.6.